The molecule has 2 heterocycles. The zero-order valence-electron chi connectivity index (χ0n) is 13.9. The standard InChI is InChI=1S/C14H25NO11/c1-4(18)15-14(24)7(10(21)9(20)6(3-17)26-14)13-12(23)11(22)8(19)5(2-16)25-13/h5-13,16-17,19-24H,2-3H2,1H3,(H,15,18)/t5-,6-,7-,8+,9+,10-,11+,12-,13+,14-/m1/s1. The minimum absolute atomic E-state index is 0.758. The Bertz CT molecular complexity index is 505. The van der Waals surface area contributed by atoms with Crippen molar-refractivity contribution in [1.82, 2.24) is 5.32 Å². The van der Waals surface area contributed by atoms with Crippen molar-refractivity contribution in [1.29, 1.82) is 0 Å². The van der Waals surface area contributed by atoms with Crippen LogP contribution in [0.25, 0.3) is 0 Å². The first-order valence-corrected chi connectivity index (χ1v) is 8.03. The smallest absolute Gasteiger partial charge is 0.257 e. The number of carbonyl (C=O) groups is 1. The molecule has 0 unspecified atom stereocenters. The zero-order chi connectivity index (χ0) is 19.8. The van der Waals surface area contributed by atoms with E-state index in [2.05, 4.69) is 0 Å². The summed E-state index contributed by atoms with van der Waals surface area (Å²) in [6.45, 7) is -0.538. The van der Waals surface area contributed by atoms with Crippen LogP contribution in [0.5, 0.6) is 0 Å². The van der Waals surface area contributed by atoms with Gasteiger partial charge in [0.15, 0.2) is 0 Å². The molecule has 2 aliphatic rings. The topological polar surface area (TPSA) is 209 Å². The molecule has 2 aliphatic heterocycles. The summed E-state index contributed by atoms with van der Waals surface area (Å²) < 4.78 is 10.4. The summed E-state index contributed by atoms with van der Waals surface area (Å²) in [6.07, 6.45) is -13.4. The number of amides is 1. The Morgan fingerprint density at radius 1 is 0.923 bits per heavy atom. The maximum atomic E-state index is 11.5. The van der Waals surface area contributed by atoms with Gasteiger partial charge in [0.25, 0.3) is 5.91 Å². The summed E-state index contributed by atoms with van der Waals surface area (Å²) in [5.41, 5.74) is 0. The molecule has 2 saturated heterocycles. The summed E-state index contributed by atoms with van der Waals surface area (Å²) in [5, 5.41) is 81.7. The molecule has 0 aromatic rings. The minimum atomic E-state index is -2.69. The first-order chi connectivity index (χ1) is 12.1. The van der Waals surface area contributed by atoms with Crippen LogP contribution in [0, 0.1) is 5.92 Å². The summed E-state index contributed by atoms with van der Waals surface area (Å²) in [6, 6.07) is 0. The van der Waals surface area contributed by atoms with Gasteiger partial charge >= 0.3 is 0 Å². The Balaban J connectivity index is 2.42. The number of rotatable bonds is 4. The molecule has 2 rings (SSSR count). The Kier molecular flexibility index (Phi) is 6.56. The van der Waals surface area contributed by atoms with Crippen LogP contribution in [0.1, 0.15) is 6.92 Å². The number of nitrogens with one attached hydrogen (secondary N) is 1. The highest BCUT2D eigenvalue weighted by Gasteiger charge is 2.61. The second-order valence-electron chi connectivity index (χ2n) is 6.52. The monoisotopic (exact) mass is 383 g/mol. The van der Waals surface area contributed by atoms with Gasteiger partial charge in [-0.3, -0.25) is 4.79 Å². The van der Waals surface area contributed by atoms with Crippen LogP contribution in [0.15, 0.2) is 0 Å². The molecule has 0 aromatic heterocycles. The fraction of sp³-hybridized carbons (Fsp3) is 0.929. The minimum Gasteiger partial charge on any atom is -0.394 e. The number of hydrogen-bond acceptors (Lipinski definition) is 11. The molecule has 0 aliphatic carbocycles. The van der Waals surface area contributed by atoms with Crippen molar-refractivity contribution in [3.63, 3.8) is 0 Å². The lowest BCUT2D eigenvalue weighted by Crippen LogP contribution is -2.74. The van der Waals surface area contributed by atoms with Gasteiger partial charge in [0.1, 0.15) is 36.6 Å². The molecule has 0 radical (unpaired) electrons. The quantitative estimate of drug-likeness (QED) is 0.209. The van der Waals surface area contributed by atoms with Gasteiger partial charge in [-0.1, -0.05) is 0 Å². The van der Waals surface area contributed by atoms with Crippen molar-refractivity contribution in [3.05, 3.63) is 0 Å². The maximum absolute atomic E-state index is 11.5. The van der Waals surface area contributed by atoms with Gasteiger partial charge in [-0.25, -0.2) is 0 Å². The van der Waals surface area contributed by atoms with Crippen LogP contribution in [0.4, 0.5) is 0 Å². The third kappa shape index (κ3) is 3.71. The SMILES string of the molecule is CC(=O)N[C@]1(O)O[C@H](CO)[C@H](O)[C@H](O)[C@@H]1[C@@H]1O[C@H](CO)[C@H](O)[C@H](O)[C@H]1O. The summed E-state index contributed by atoms with van der Waals surface area (Å²) in [4.78, 5) is 11.5. The van der Waals surface area contributed by atoms with Crippen LogP contribution < -0.4 is 5.32 Å². The van der Waals surface area contributed by atoms with Crippen LogP contribution in [-0.4, -0.2) is 115 Å². The number of ether oxygens (including phenoxy) is 2. The van der Waals surface area contributed by atoms with Crippen molar-refractivity contribution in [2.24, 2.45) is 5.92 Å². The molecule has 2 fully saturated rings. The van der Waals surface area contributed by atoms with Crippen molar-refractivity contribution in [3.8, 4) is 0 Å². The molecule has 12 nitrogen and oxygen atoms in total. The molecule has 0 aromatic carbocycles. The lowest BCUT2D eigenvalue weighted by molar-refractivity contribution is -0.376. The van der Waals surface area contributed by atoms with Crippen LogP contribution >= 0.6 is 0 Å². The summed E-state index contributed by atoms with van der Waals surface area (Å²) in [7, 11) is 0. The van der Waals surface area contributed by atoms with E-state index in [1.165, 1.54) is 0 Å². The molecule has 152 valence electrons. The first kappa shape index (κ1) is 21.4. The highest BCUT2D eigenvalue weighted by Crippen LogP contribution is 2.39. The molecule has 12 heteroatoms. The van der Waals surface area contributed by atoms with E-state index in [-0.39, 0.29) is 0 Å². The van der Waals surface area contributed by atoms with Crippen molar-refractivity contribution in [2.75, 3.05) is 13.2 Å². The van der Waals surface area contributed by atoms with E-state index >= 15 is 0 Å². The molecule has 9 N–H and O–H groups in total. The van der Waals surface area contributed by atoms with Crippen molar-refractivity contribution in [2.45, 2.75) is 61.7 Å². The van der Waals surface area contributed by atoms with E-state index in [4.69, 9.17) is 9.47 Å². The molecule has 0 bridgehead atoms. The molecule has 0 saturated carbocycles. The van der Waals surface area contributed by atoms with Crippen molar-refractivity contribution >= 4 is 5.91 Å². The molecule has 26 heavy (non-hydrogen) atoms. The van der Waals surface area contributed by atoms with Gasteiger partial charge < -0.3 is 55.6 Å². The van der Waals surface area contributed by atoms with Gasteiger partial charge in [0.05, 0.1) is 31.3 Å². The number of aliphatic hydroxyl groups is 8. The number of carbonyl (C=O) groups excluding carboxylic acids is 1. The Morgan fingerprint density at radius 3 is 1.96 bits per heavy atom. The van der Waals surface area contributed by atoms with E-state index in [0.29, 0.717) is 0 Å². The van der Waals surface area contributed by atoms with Gasteiger partial charge in [-0.15, -0.1) is 0 Å². The van der Waals surface area contributed by atoms with E-state index in [9.17, 15) is 45.6 Å². The predicted octanol–water partition coefficient (Wildman–Crippen LogP) is -5.66. The maximum Gasteiger partial charge on any atom is 0.257 e. The molecule has 10 atom stereocenters. The Labute approximate surface area is 148 Å². The highest BCUT2D eigenvalue weighted by molar-refractivity contribution is 5.73. The lowest BCUT2D eigenvalue weighted by Gasteiger charge is -2.53. The van der Waals surface area contributed by atoms with E-state index in [0.717, 1.165) is 6.92 Å². The lowest BCUT2D eigenvalue weighted by atomic mass is 9.78. The fourth-order valence-electron chi connectivity index (χ4n) is 3.40. The summed E-state index contributed by atoms with van der Waals surface area (Å²) >= 11 is 0. The van der Waals surface area contributed by atoms with Gasteiger partial charge in [-0.2, -0.15) is 0 Å². The van der Waals surface area contributed by atoms with Crippen LogP contribution in [0.2, 0.25) is 0 Å². The second kappa shape index (κ2) is 7.98. The van der Waals surface area contributed by atoms with Gasteiger partial charge in [0, 0.05) is 6.92 Å². The third-order valence-corrected chi connectivity index (χ3v) is 4.70. The normalized spacial score (nSPS) is 49.7. The van der Waals surface area contributed by atoms with E-state index < -0.39 is 79.8 Å². The van der Waals surface area contributed by atoms with E-state index in [1.807, 2.05) is 5.32 Å². The van der Waals surface area contributed by atoms with Crippen molar-refractivity contribution < 1.29 is 55.1 Å². The van der Waals surface area contributed by atoms with E-state index in [1.54, 1.807) is 0 Å². The molecular formula is C14H25NO11. The van der Waals surface area contributed by atoms with Gasteiger partial charge in [-0.05, 0) is 0 Å². The third-order valence-electron chi connectivity index (χ3n) is 4.70. The molecule has 0 spiro atoms. The van der Waals surface area contributed by atoms with Crippen LogP contribution in [0.3, 0.4) is 0 Å². The largest absolute Gasteiger partial charge is 0.394 e. The Morgan fingerprint density at radius 2 is 1.46 bits per heavy atom. The van der Waals surface area contributed by atoms with Gasteiger partial charge in [0.2, 0.25) is 5.91 Å². The summed E-state index contributed by atoms with van der Waals surface area (Å²) in [5.74, 6) is -5.23. The molecule has 1 amide bonds. The number of hydrogen-bond donors (Lipinski definition) is 9. The zero-order valence-corrected chi connectivity index (χ0v) is 13.9. The molecular weight excluding hydrogens is 358 g/mol. The Hall–Kier alpha value is -0.930. The fourth-order valence-corrected chi connectivity index (χ4v) is 3.40. The average molecular weight is 383 g/mol. The highest BCUT2D eigenvalue weighted by atomic mass is 16.7. The van der Waals surface area contributed by atoms with Crippen LogP contribution in [-0.2, 0) is 14.3 Å². The number of aliphatic hydroxyl groups excluding tert-OH is 7. The second-order valence-corrected chi connectivity index (χ2v) is 6.52. The predicted molar refractivity (Wildman–Crippen MR) is 80.0 cm³/mol. The average Bonchev–Trinajstić information content (AvgIpc) is 2.57. The first-order valence-electron chi connectivity index (χ1n) is 8.03.